The van der Waals surface area contributed by atoms with Crippen molar-refractivity contribution in [2.75, 3.05) is 17.8 Å². The first-order chi connectivity index (χ1) is 15.4. The standard InChI is InChI=1S/C24H24FN3O3S/c25-20-8-10-21(11-9-20)27-32(30,31)23-12-6-19(7-13-23)24(29)26-22-14-15-28(17-22)16-18-4-2-1-3-5-18/h1-13,22,27H,14-17H2,(H,26,29). The number of nitrogens with one attached hydrogen (secondary N) is 2. The van der Waals surface area contributed by atoms with E-state index in [1.165, 1.54) is 54.1 Å². The first-order valence-corrected chi connectivity index (χ1v) is 11.8. The van der Waals surface area contributed by atoms with Gasteiger partial charge in [0.25, 0.3) is 15.9 Å². The maximum Gasteiger partial charge on any atom is 0.261 e. The minimum atomic E-state index is -3.84. The van der Waals surface area contributed by atoms with Crippen LogP contribution in [0.3, 0.4) is 0 Å². The van der Waals surface area contributed by atoms with Crippen molar-refractivity contribution in [3.63, 3.8) is 0 Å². The van der Waals surface area contributed by atoms with E-state index in [-0.39, 0.29) is 22.5 Å². The molecule has 3 aromatic rings. The Kier molecular flexibility index (Phi) is 6.53. The largest absolute Gasteiger partial charge is 0.348 e. The van der Waals surface area contributed by atoms with E-state index in [0.717, 1.165) is 26.1 Å². The van der Waals surface area contributed by atoms with E-state index >= 15 is 0 Å². The van der Waals surface area contributed by atoms with Crippen LogP contribution >= 0.6 is 0 Å². The lowest BCUT2D eigenvalue weighted by Crippen LogP contribution is -2.37. The second-order valence-corrected chi connectivity index (χ2v) is 9.50. The molecule has 1 saturated heterocycles. The Labute approximate surface area is 187 Å². The highest BCUT2D eigenvalue weighted by Crippen LogP contribution is 2.18. The van der Waals surface area contributed by atoms with Crippen LogP contribution in [0.4, 0.5) is 10.1 Å². The van der Waals surface area contributed by atoms with E-state index in [4.69, 9.17) is 0 Å². The number of carbonyl (C=O) groups excluding carboxylic acids is 1. The summed E-state index contributed by atoms with van der Waals surface area (Å²) in [6.45, 7) is 2.53. The van der Waals surface area contributed by atoms with E-state index in [0.29, 0.717) is 5.56 Å². The maximum absolute atomic E-state index is 13.0. The van der Waals surface area contributed by atoms with Crippen LogP contribution in [0.15, 0.2) is 83.8 Å². The molecule has 1 amide bonds. The Bertz CT molecular complexity index is 1170. The van der Waals surface area contributed by atoms with E-state index in [1.54, 1.807) is 0 Å². The van der Waals surface area contributed by atoms with Gasteiger partial charge in [-0.3, -0.25) is 14.4 Å². The zero-order valence-electron chi connectivity index (χ0n) is 17.4. The molecule has 8 heteroatoms. The molecule has 0 bridgehead atoms. The van der Waals surface area contributed by atoms with Crippen LogP contribution in [-0.2, 0) is 16.6 Å². The summed E-state index contributed by atoms with van der Waals surface area (Å²) in [7, 11) is -3.84. The van der Waals surface area contributed by atoms with Crippen molar-refractivity contribution in [3.05, 3.63) is 95.8 Å². The predicted octanol–water partition coefficient (Wildman–Crippen LogP) is 3.63. The summed E-state index contributed by atoms with van der Waals surface area (Å²) in [4.78, 5) is 14.9. The van der Waals surface area contributed by atoms with Crippen molar-refractivity contribution in [3.8, 4) is 0 Å². The summed E-state index contributed by atoms with van der Waals surface area (Å²) in [6.07, 6.45) is 0.868. The van der Waals surface area contributed by atoms with E-state index in [9.17, 15) is 17.6 Å². The summed E-state index contributed by atoms with van der Waals surface area (Å²) in [5, 5.41) is 3.03. The Balaban J connectivity index is 1.33. The predicted molar refractivity (Wildman–Crippen MR) is 121 cm³/mol. The van der Waals surface area contributed by atoms with Gasteiger partial charge in [0.05, 0.1) is 4.90 Å². The highest BCUT2D eigenvalue weighted by atomic mass is 32.2. The second kappa shape index (κ2) is 9.50. The molecule has 1 atom stereocenters. The van der Waals surface area contributed by atoms with Crippen LogP contribution < -0.4 is 10.0 Å². The zero-order valence-corrected chi connectivity index (χ0v) is 18.2. The van der Waals surface area contributed by atoms with Crippen molar-refractivity contribution in [2.45, 2.75) is 23.9 Å². The Morgan fingerprint density at radius 2 is 1.66 bits per heavy atom. The lowest BCUT2D eigenvalue weighted by molar-refractivity contribution is 0.0937. The van der Waals surface area contributed by atoms with Gasteiger partial charge >= 0.3 is 0 Å². The van der Waals surface area contributed by atoms with Crippen molar-refractivity contribution < 1.29 is 17.6 Å². The number of amides is 1. The molecule has 2 N–H and O–H groups in total. The number of halogens is 1. The zero-order chi connectivity index (χ0) is 22.6. The lowest BCUT2D eigenvalue weighted by Gasteiger charge is -2.17. The molecular weight excluding hydrogens is 429 g/mol. The third-order valence-corrected chi connectivity index (χ3v) is 6.78. The summed E-state index contributed by atoms with van der Waals surface area (Å²) >= 11 is 0. The molecule has 0 aliphatic carbocycles. The van der Waals surface area contributed by atoms with Gasteiger partial charge in [0.1, 0.15) is 5.82 Å². The number of nitrogens with zero attached hydrogens (tertiary/aromatic N) is 1. The highest BCUT2D eigenvalue weighted by molar-refractivity contribution is 7.92. The molecule has 0 radical (unpaired) electrons. The average molecular weight is 454 g/mol. The molecule has 1 heterocycles. The van der Waals surface area contributed by atoms with Crippen LogP contribution in [-0.4, -0.2) is 38.4 Å². The van der Waals surface area contributed by atoms with Crippen LogP contribution in [0.1, 0.15) is 22.3 Å². The number of benzene rings is 3. The number of likely N-dealkylation sites (tertiary alicyclic amines) is 1. The van der Waals surface area contributed by atoms with Crippen LogP contribution in [0, 0.1) is 5.82 Å². The summed E-state index contributed by atoms with van der Waals surface area (Å²) < 4.78 is 40.4. The number of rotatable bonds is 7. The molecule has 0 saturated carbocycles. The molecule has 4 rings (SSSR count). The van der Waals surface area contributed by atoms with Crippen LogP contribution in [0.2, 0.25) is 0 Å². The summed E-state index contributed by atoms with van der Waals surface area (Å²) in [5.74, 6) is -0.680. The van der Waals surface area contributed by atoms with Crippen molar-refractivity contribution in [1.82, 2.24) is 10.2 Å². The quantitative estimate of drug-likeness (QED) is 0.573. The molecular formula is C24H24FN3O3S. The normalized spacial score (nSPS) is 16.6. The lowest BCUT2D eigenvalue weighted by atomic mass is 10.2. The van der Waals surface area contributed by atoms with Gasteiger partial charge in [0.2, 0.25) is 0 Å². The second-order valence-electron chi connectivity index (χ2n) is 7.82. The fourth-order valence-electron chi connectivity index (χ4n) is 3.72. The third-order valence-electron chi connectivity index (χ3n) is 5.38. The van der Waals surface area contributed by atoms with Gasteiger partial charge in [-0.2, -0.15) is 0 Å². The number of hydrogen-bond acceptors (Lipinski definition) is 4. The topological polar surface area (TPSA) is 78.5 Å². The minimum Gasteiger partial charge on any atom is -0.348 e. The molecule has 1 aliphatic heterocycles. The molecule has 1 unspecified atom stereocenters. The van der Waals surface area contributed by atoms with E-state index < -0.39 is 15.8 Å². The first-order valence-electron chi connectivity index (χ1n) is 10.3. The third kappa shape index (κ3) is 5.52. The Morgan fingerprint density at radius 1 is 0.969 bits per heavy atom. The average Bonchev–Trinajstić information content (AvgIpc) is 3.22. The first kappa shape index (κ1) is 22.0. The molecule has 1 aliphatic rings. The molecule has 6 nitrogen and oxygen atoms in total. The van der Waals surface area contributed by atoms with Gasteiger partial charge in [-0.15, -0.1) is 0 Å². The Hall–Kier alpha value is -3.23. The van der Waals surface area contributed by atoms with E-state index in [1.807, 2.05) is 18.2 Å². The summed E-state index contributed by atoms with van der Waals surface area (Å²) in [5.41, 5.74) is 1.90. The molecule has 166 valence electrons. The van der Waals surface area contributed by atoms with Gasteiger partial charge in [-0.1, -0.05) is 30.3 Å². The van der Waals surface area contributed by atoms with Gasteiger partial charge in [-0.05, 0) is 60.5 Å². The smallest absolute Gasteiger partial charge is 0.261 e. The van der Waals surface area contributed by atoms with E-state index in [2.05, 4.69) is 27.1 Å². The monoisotopic (exact) mass is 453 g/mol. The number of sulfonamides is 1. The van der Waals surface area contributed by atoms with Gasteiger partial charge in [0.15, 0.2) is 0 Å². The van der Waals surface area contributed by atoms with Crippen molar-refractivity contribution in [1.29, 1.82) is 0 Å². The molecule has 3 aromatic carbocycles. The number of anilines is 1. The van der Waals surface area contributed by atoms with Crippen molar-refractivity contribution in [2.24, 2.45) is 0 Å². The van der Waals surface area contributed by atoms with Gasteiger partial charge < -0.3 is 5.32 Å². The van der Waals surface area contributed by atoms with Crippen molar-refractivity contribution >= 4 is 21.6 Å². The summed E-state index contributed by atoms with van der Waals surface area (Å²) in [6, 6.07) is 21.1. The SMILES string of the molecule is O=C(NC1CCN(Cc2ccccc2)C1)c1ccc(S(=O)(=O)Nc2ccc(F)cc2)cc1. The number of hydrogen-bond donors (Lipinski definition) is 2. The number of carbonyl (C=O) groups is 1. The van der Waals surface area contributed by atoms with Crippen LogP contribution in [0.5, 0.6) is 0 Å². The van der Waals surface area contributed by atoms with Gasteiger partial charge in [-0.25, -0.2) is 12.8 Å². The Morgan fingerprint density at radius 3 is 2.34 bits per heavy atom. The fraction of sp³-hybridized carbons (Fsp3) is 0.208. The minimum absolute atomic E-state index is 0.0216. The van der Waals surface area contributed by atoms with Gasteiger partial charge in [0, 0.05) is 36.9 Å². The molecule has 1 fully saturated rings. The highest BCUT2D eigenvalue weighted by Gasteiger charge is 2.24. The molecule has 0 aromatic heterocycles. The fourth-order valence-corrected chi connectivity index (χ4v) is 4.78. The molecule has 0 spiro atoms. The maximum atomic E-state index is 13.0. The van der Waals surface area contributed by atoms with Crippen LogP contribution in [0.25, 0.3) is 0 Å². The molecule has 32 heavy (non-hydrogen) atoms.